The molecule has 0 radical (unpaired) electrons. The van der Waals surface area contributed by atoms with Gasteiger partial charge in [-0.25, -0.2) is 8.42 Å². The summed E-state index contributed by atoms with van der Waals surface area (Å²) in [5, 5.41) is 3.46. The lowest BCUT2D eigenvalue weighted by Crippen LogP contribution is -2.36. The summed E-state index contributed by atoms with van der Waals surface area (Å²) in [4.78, 5) is 0.234. The Balaban J connectivity index is 3.07. The second-order valence-electron chi connectivity index (χ2n) is 4.61. The number of benzene rings is 1. The standard InChI is InChI=1S/C13H21ClN2O2S2/c1-10(9-19-4)16(3)20(17,18)12-6-5-11(8-15-2)13(14)7-12/h5-7,10,15H,8-9H2,1-4H3. The highest BCUT2D eigenvalue weighted by atomic mass is 35.5. The molecule has 0 saturated carbocycles. The number of hydrogen-bond donors (Lipinski definition) is 1. The van der Waals surface area contributed by atoms with Crippen LogP contribution < -0.4 is 5.32 Å². The van der Waals surface area contributed by atoms with E-state index in [1.54, 1.807) is 30.9 Å². The van der Waals surface area contributed by atoms with Crippen LogP contribution in [0.5, 0.6) is 0 Å². The van der Waals surface area contributed by atoms with E-state index in [1.807, 2.05) is 20.2 Å². The second kappa shape index (κ2) is 7.66. The van der Waals surface area contributed by atoms with E-state index in [-0.39, 0.29) is 10.9 Å². The Morgan fingerprint density at radius 1 is 1.45 bits per heavy atom. The van der Waals surface area contributed by atoms with Crippen molar-refractivity contribution in [3.63, 3.8) is 0 Å². The minimum atomic E-state index is -3.50. The van der Waals surface area contributed by atoms with Crippen LogP contribution in [0.25, 0.3) is 0 Å². The molecule has 1 unspecified atom stereocenters. The maximum Gasteiger partial charge on any atom is 0.243 e. The molecule has 114 valence electrons. The van der Waals surface area contributed by atoms with Gasteiger partial charge in [-0.05, 0) is 37.9 Å². The van der Waals surface area contributed by atoms with E-state index in [0.717, 1.165) is 11.3 Å². The van der Waals surface area contributed by atoms with Crippen molar-refractivity contribution in [1.82, 2.24) is 9.62 Å². The molecule has 0 aliphatic heterocycles. The number of hydrogen-bond acceptors (Lipinski definition) is 4. The van der Waals surface area contributed by atoms with Crippen molar-refractivity contribution in [2.24, 2.45) is 0 Å². The van der Waals surface area contributed by atoms with Crippen molar-refractivity contribution in [2.75, 3.05) is 26.1 Å². The van der Waals surface area contributed by atoms with Crippen LogP contribution in [0.3, 0.4) is 0 Å². The lowest BCUT2D eigenvalue weighted by atomic mass is 10.2. The zero-order valence-corrected chi connectivity index (χ0v) is 14.6. The number of halogens is 1. The monoisotopic (exact) mass is 336 g/mol. The van der Waals surface area contributed by atoms with Crippen molar-refractivity contribution in [3.8, 4) is 0 Å². The summed E-state index contributed by atoms with van der Waals surface area (Å²) >= 11 is 7.75. The van der Waals surface area contributed by atoms with Crippen molar-refractivity contribution in [3.05, 3.63) is 28.8 Å². The molecule has 0 aliphatic rings. The molecule has 1 N–H and O–H groups in total. The molecule has 0 bridgehead atoms. The molecular formula is C13H21ClN2O2S2. The van der Waals surface area contributed by atoms with Crippen molar-refractivity contribution < 1.29 is 8.42 Å². The molecule has 0 amide bonds. The summed E-state index contributed by atoms with van der Waals surface area (Å²) in [5.74, 6) is 0.751. The molecule has 1 atom stereocenters. The molecule has 1 aromatic carbocycles. The van der Waals surface area contributed by atoms with Crippen LogP contribution in [-0.4, -0.2) is 44.9 Å². The summed E-state index contributed by atoms with van der Waals surface area (Å²) in [6.07, 6.45) is 1.96. The van der Waals surface area contributed by atoms with Crippen LogP contribution in [0.1, 0.15) is 12.5 Å². The number of thioether (sulfide) groups is 1. The SMILES string of the molecule is CNCc1ccc(S(=O)(=O)N(C)C(C)CSC)cc1Cl. The van der Waals surface area contributed by atoms with Gasteiger partial charge in [0, 0.05) is 30.4 Å². The molecular weight excluding hydrogens is 316 g/mol. The Labute approximate surface area is 130 Å². The van der Waals surface area contributed by atoms with Gasteiger partial charge < -0.3 is 5.32 Å². The molecule has 1 rings (SSSR count). The Hall–Kier alpha value is -0.270. The van der Waals surface area contributed by atoms with Gasteiger partial charge in [0.15, 0.2) is 0 Å². The molecule has 0 saturated heterocycles. The molecule has 7 heteroatoms. The van der Waals surface area contributed by atoms with Gasteiger partial charge in [-0.1, -0.05) is 17.7 Å². The lowest BCUT2D eigenvalue weighted by Gasteiger charge is -2.24. The third kappa shape index (κ3) is 4.11. The molecule has 1 aromatic rings. The van der Waals surface area contributed by atoms with Crippen LogP contribution in [0.15, 0.2) is 23.1 Å². The first-order valence-electron chi connectivity index (χ1n) is 6.24. The molecule has 0 fully saturated rings. The Kier molecular flexibility index (Phi) is 6.81. The fourth-order valence-electron chi connectivity index (χ4n) is 1.77. The fourth-order valence-corrected chi connectivity index (χ4v) is 4.27. The largest absolute Gasteiger partial charge is 0.316 e. The van der Waals surface area contributed by atoms with Gasteiger partial charge in [-0.2, -0.15) is 16.1 Å². The van der Waals surface area contributed by atoms with Gasteiger partial charge in [0.25, 0.3) is 0 Å². The number of nitrogens with zero attached hydrogens (tertiary/aromatic N) is 1. The Morgan fingerprint density at radius 3 is 2.60 bits per heavy atom. The highest BCUT2D eigenvalue weighted by molar-refractivity contribution is 7.98. The van der Waals surface area contributed by atoms with E-state index in [1.165, 1.54) is 10.4 Å². The van der Waals surface area contributed by atoms with E-state index >= 15 is 0 Å². The molecule has 0 aromatic heterocycles. The molecule has 4 nitrogen and oxygen atoms in total. The average Bonchev–Trinajstić information content (AvgIpc) is 2.40. The first-order valence-corrected chi connectivity index (χ1v) is 9.45. The first-order chi connectivity index (χ1) is 9.34. The summed E-state index contributed by atoms with van der Waals surface area (Å²) < 4.78 is 26.4. The van der Waals surface area contributed by atoms with Gasteiger partial charge >= 0.3 is 0 Å². The fraction of sp³-hybridized carbons (Fsp3) is 0.538. The quantitative estimate of drug-likeness (QED) is 0.830. The van der Waals surface area contributed by atoms with Crippen molar-refractivity contribution in [2.45, 2.75) is 24.4 Å². The van der Waals surface area contributed by atoms with Crippen LogP contribution >= 0.6 is 23.4 Å². The minimum Gasteiger partial charge on any atom is -0.316 e. The third-order valence-corrected chi connectivity index (χ3v) is 6.23. The van der Waals surface area contributed by atoms with Crippen LogP contribution in [-0.2, 0) is 16.6 Å². The van der Waals surface area contributed by atoms with Crippen molar-refractivity contribution in [1.29, 1.82) is 0 Å². The normalized spacial score (nSPS) is 13.7. The summed E-state index contributed by atoms with van der Waals surface area (Å²) in [7, 11) is -0.0783. The third-order valence-electron chi connectivity index (χ3n) is 3.10. The molecule has 0 heterocycles. The summed E-state index contributed by atoms with van der Waals surface area (Å²) in [5.41, 5.74) is 0.882. The highest BCUT2D eigenvalue weighted by Crippen LogP contribution is 2.24. The number of nitrogens with one attached hydrogen (secondary N) is 1. The van der Waals surface area contributed by atoms with Crippen LogP contribution in [0, 0.1) is 0 Å². The zero-order valence-electron chi connectivity index (χ0n) is 12.2. The molecule has 0 spiro atoms. The Morgan fingerprint density at radius 2 is 2.10 bits per heavy atom. The van der Waals surface area contributed by atoms with Gasteiger partial charge in [-0.15, -0.1) is 0 Å². The first kappa shape index (κ1) is 17.8. The van der Waals surface area contributed by atoms with Crippen LogP contribution in [0.2, 0.25) is 5.02 Å². The average molecular weight is 337 g/mol. The van der Waals surface area contributed by atoms with E-state index in [9.17, 15) is 8.42 Å². The Bertz CT molecular complexity index is 549. The molecule has 20 heavy (non-hydrogen) atoms. The predicted octanol–water partition coefficient (Wildman–Crippen LogP) is 2.43. The summed E-state index contributed by atoms with van der Waals surface area (Å²) in [6.45, 7) is 2.50. The van der Waals surface area contributed by atoms with Crippen molar-refractivity contribution >= 4 is 33.4 Å². The summed E-state index contributed by atoms with van der Waals surface area (Å²) in [6, 6.07) is 4.81. The van der Waals surface area contributed by atoms with E-state index < -0.39 is 10.0 Å². The van der Waals surface area contributed by atoms with Gasteiger partial charge in [0.2, 0.25) is 10.0 Å². The second-order valence-corrected chi connectivity index (χ2v) is 7.92. The maximum absolute atomic E-state index is 12.5. The smallest absolute Gasteiger partial charge is 0.243 e. The number of sulfonamides is 1. The van der Waals surface area contributed by atoms with Gasteiger partial charge in [-0.3, -0.25) is 0 Å². The maximum atomic E-state index is 12.5. The van der Waals surface area contributed by atoms with E-state index in [2.05, 4.69) is 5.32 Å². The molecule has 0 aliphatic carbocycles. The predicted molar refractivity (Wildman–Crippen MR) is 87.0 cm³/mol. The van der Waals surface area contributed by atoms with Crippen LogP contribution in [0.4, 0.5) is 0 Å². The van der Waals surface area contributed by atoms with Gasteiger partial charge in [0.1, 0.15) is 0 Å². The number of rotatable bonds is 7. The van der Waals surface area contributed by atoms with Gasteiger partial charge in [0.05, 0.1) is 4.90 Å². The zero-order chi connectivity index (χ0) is 15.3. The minimum absolute atomic E-state index is 0.0641. The van der Waals surface area contributed by atoms with E-state index in [4.69, 9.17) is 11.6 Å². The van der Waals surface area contributed by atoms with E-state index in [0.29, 0.717) is 11.6 Å². The topological polar surface area (TPSA) is 49.4 Å². The highest BCUT2D eigenvalue weighted by Gasteiger charge is 2.25. The lowest BCUT2D eigenvalue weighted by molar-refractivity contribution is 0.415.